The Morgan fingerprint density at radius 2 is 1.85 bits per heavy atom. The van der Waals surface area contributed by atoms with Crippen LogP contribution in [0.1, 0.15) is 27.7 Å². The molecule has 1 aliphatic rings. The van der Waals surface area contributed by atoms with Crippen molar-refractivity contribution in [1.82, 2.24) is 15.1 Å². The molecule has 0 radical (unpaired) electrons. The van der Waals surface area contributed by atoms with Gasteiger partial charge in [0.05, 0.1) is 26.0 Å². The van der Waals surface area contributed by atoms with Crippen molar-refractivity contribution >= 4 is 17.5 Å². The highest BCUT2D eigenvalue weighted by Crippen LogP contribution is 2.45. The van der Waals surface area contributed by atoms with E-state index in [4.69, 9.17) is 21.1 Å². The van der Waals surface area contributed by atoms with Crippen LogP contribution in [0, 0.1) is 0 Å². The molecule has 1 N–H and O–H groups in total. The van der Waals surface area contributed by atoms with Crippen molar-refractivity contribution in [3.8, 4) is 22.8 Å². The normalized spacial score (nSPS) is 15.8. The quantitative estimate of drug-likeness (QED) is 0.741. The van der Waals surface area contributed by atoms with Gasteiger partial charge in [-0.05, 0) is 30.3 Å². The lowest BCUT2D eigenvalue weighted by molar-refractivity contribution is 0.0786. The number of hydrogen-bond donors (Lipinski definition) is 1. The molecule has 1 aliphatic heterocycles. The summed E-state index contributed by atoms with van der Waals surface area (Å²) in [5.41, 5.74) is 3.73. The largest absolute Gasteiger partial charge is 0.497 e. The summed E-state index contributed by atoms with van der Waals surface area (Å²) in [6.45, 7) is 0. The number of nitrogens with zero attached hydrogens (tertiary/aromatic N) is 2. The van der Waals surface area contributed by atoms with E-state index in [9.17, 15) is 4.79 Å². The summed E-state index contributed by atoms with van der Waals surface area (Å²) in [7, 11) is 4.99. The number of methoxy groups -OCH3 is 2. The number of amides is 1. The molecule has 0 fully saturated rings. The van der Waals surface area contributed by atoms with Gasteiger partial charge < -0.3 is 14.4 Å². The summed E-state index contributed by atoms with van der Waals surface area (Å²) in [4.78, 5) is 14.5. The molecular formula is C20H18ClN3O3. The minimum Gasteiger partial charge on any atom is -0.497 e. The number of fused-ring (bicyclic) bond motifs is 1. The van der Waals surface area contributed by atoms with Gasteiger partial charge in [0, 0.05) is 28.8 Å². The van der Waals surface area contributed by atoms with Gasteiger partial charge in [0.25, 0.3) is 5.91 Å². The summed E-state index contributed by atoms with van der Waals surface area (Å²) in [6, 6.07) is 12.6. The van der Waals surface area contributed by atoms with Gasteiger partial charge in [-0.1, -0.05) is 23.7 Å². The Bertz CT molecular complexity index is 1010. The summed E-state index contributed by atoms with van der Waals surface area (Å²) < 4.78 is 10.9. The average Bonchev–Trinajstić information content (AvgIpc) is 3.21. The van der Waals surface area contributed by atoms with Crippen LogP contribution in [0.2, 0.25) is 5.02 Å². The topological polar surface area (TPSA) is 67.5 Å². The molecule has 27 heavy (non-hydrogen) atoms. The van der Waals surface area contributed by atoms with E-state index in [1.54, 1.807) is 38.3 Å². The molecule has 1 amide bonds. The standard InChI is InChI=1S/C20H18ClN3O3/c1-24-19(14-10-13(26-2)8-9-15(14)27-3)16-17(22-23-18(16)20(24)25)11-4-6-12(21)7-5-11/h4-10,19H,1-3H3,(H,22,23)/t19-/m1/s1. The number of aromatic amines is 1. The second kappa shape index (κ2) is 6.63. The maximum atomic E-state index is 12.8. The van der Waals surface area contributed by atoms with Crippen molar-refractivity contribution in [2.75, 3.05) is 21.3 Å². The third-order valence-electron chi connectivity index (χ3n) is 4.85. The van der Waals surface area contributed by atoms with Gasteiger partial charge in [-0.3, -0.25) is 9.89 Å². The van der Waals surface area contributed by atoms with Crippen molar-refractivity contribution < 1.29 is 14.3 Å². The lowest BCUT2D eigenvalue weighted by atomic mass is 9.95. The Kier molecular flexibility index (Phi) is 4.28. The molecule has 0 bridgehead atoms. The van der Waals surface area contributed by atoms with E-state index in [0.29, 0.717) is 27.9 Å². The van der Waals surface area contributed by atoms with Crippen LogP contribution in [0.25, 0.3) is 11.3 Å². The number of nitrogens with one attached hydrogen (secondary N) is 1. The van der Waals surface area contributed by atoms with Gasteiger partial charge in [0.1, 0.15) is 17.2 Å². The third-order valence-corrected chi connectivity index (χ3v) is 5.10. The van der Waals surface area contributed by atoms with E-state index >= 15 is 0 Å². The fraction of sp³-hybridized carbons (Fsp3) is 0.200. The molecule has 2 heterocycles. The average molecular weight is 384 g/mol. The molecule has 0 saturated carbocycles. The first-order chi connectivity index (χ1) is 13.0. The predicted octanol–water partition coefficient (Wildman–Crippen LogP) is 3.92. The van der Waals surface area contributed by atoms with E-state index in [2.05, 4.69) is 10.2 Å². The van der Waals surface area contributed by atoms with Gasteiger partial charge >= 0.3 is 0 Å². The summed E-state index contributed by atoms with van der Waals surface area (Å²) in [6.07, 6.45) is 0. The maximum Gasteiger partial charge on any atom is 0.272 e. The molecule has 0 saturated heterocycles. The van der Waals surface area contributed by atoms with Gasteiger partial charge in [-0.25, -0.2) is 0 Å². The number of hydrogen-bond acceptors (Lipinski definition) is 4. The van der Waals surface area contributed by atoms with Crippen LogP contribution < -0.4 is 9.47 Å². The number of rotatable bonds is 4. The molecule has 138 valence electrons. The van der Waals surface area contributed by atoms with Gasteiger partial charge in [-0.15, -0.1) is 0 Å². The van der Waals surface area contributed by atoms with E-state index in [-0.39, 0.29) is 11.9 Å². The number of carbonyl (C=O) groups excluding carboxylic acids is 1. The van der Waals surface area contributed by atoms with Crippen LogP contribution in [0.5, 0.6) is 11.5 Å². The monoisotopic (exact) mass is 383 g/mol. The molecule has 6 nitrogen and oxygen atoms in total. The second-order valence-electron chi connectivity index (χ2n) is 6.29. The number of benzene rings is 2. The molecule has 0 unspecified atom stereocenters. The number of aromatic nitrogens is 2. The smallest absolute Gasteiger partial charge is 0.272 e. The van der Waals surface area contributed by atoms with Crippen LogP contribution in [-0.4, -0.2) is 42.3 Å². The second-order valence-corrected chi connectivity index (χ2v) is 6.73. The van der Waals surface area contributed by atoms with Crippen LogP contribution >= 0.6 is 11.6 Å². The number of halogens is 1. The molecule has 1 atom stereocenters. The Hall–Kier alpha value is -2.99. The minimum absolute atomic E-state index is 0.118. The van der Waals surface area contributed by atoms with Crippen molar-refractivity contribution in [3.63, 3.8) is 0 Å². The molecule has 2 aromatic carbocycles. The van der Waals surface area contributed by atoms with E-state index < -0.39 is 0 Å². The zero-order valence-electron chi connectivity index (χ0n) is 15.1. The molecule has 3 aromatic rings. The number of H-pyrrole nitrogens is 1. The van der Waals surface area contributed by atoms with Gasteiger partial charge in [0.15, 0.2) is 0 Å². The molecular weight excluding hydrogens is 366 g/mol. The SMILES string of the molecule is COc1ccc(OC)c([C@@H]2c3c(-c4ccc(Cl)cc4)n[nH]c3C(=O)N2C)c1. The fourth-order valence-corrected chi connectivity index (χ4v) is 3.64. The lowest BCUT2D eigenvalue weighted by Gasteiger charge is -2.24. The summed E-state index contributed by atoms with van der Waals surface area (Å²) in [5.74, 6) is 1.25. The Labute approximate surface area is 161 Å². The highest BCUT2D eigenvalue weighted by atomic mass is 35.5. The van der Waals surface area contributed by atoms with E-state index in [0.717, 1.165) is 16.7 Å². The van der Waals surface area contributed by atoms with Crippen molar-refractivity contribution in [3.05, 3.63) is 64.3 Å². The first kappa shape index (κ1) is 17.4. The molecule has 0 aliphatic carbocycles. The highest BCUT2D eigenvalue weighted by Gasteiger charge is 2.41. The Morgan fingerprint density at radius 1 is 1.11 bits per heavy atom. The van der Waals surface area contributed by atoms with Gasteiger partial charge in [0.2, 0.25) is 0 Å². The lowest BCUT2D eigenvalue weighted by Crippen LogP contribution is -2.25. The summed E-state index contributed by atoms with van der Waals surface area (Å²) >= 11 is 6.01. The highest BCUT2D eigenvalue weighted by molar-refractivity contribution is 6.30. The fourth-order valence-electron chi connectivity index (χ4n) is 3.51. The Morgan fingerprint density at radius 3 is 2.52 bits per heavy atom. The molecule has 1 aromatic heterocycles. The van der Waals surface area contributed by atoms with Crippen LogP contribution in [0.4, 0.5) is 0 Å². The predicted molar refractivity (Wildman–Crippen MR) is 103 cm³/mol. The van der Waals surface area contributed by atoms with Crippen molar-refractivity contribution in [2.24, 2.45) is 0 Å². The van der Waals surface area contributed by atoms with Crippen molar-refractivity contribution in [2.45, 2.75) is 6.04 Å². The molecule has 7 heteroatoms. The van der Waals surface area contributed by atoms with Gasteiger partial charge in [-0.2, -0.15) is 5.10 Å². The molecule has 0 spiro atoms. The maximum absolute atomic E-state index is 12.8. The number of carbonyl (C=O) groups is 1. The Balaban J connectivity index is 1.92. The number of ether oxygens (including phenoxy) is 2. The van der Waals surface area contributed by atoms with E-state index in [1.807, 2.05) is 30.3 Å². The van der Waals surface area contributed by atoms with Crippen LogP contribution in [-0.2, 0) is 0 Å². The minimum atomic E-state index is -0.345. The van der Waals surface area contributed by atoms with Crippen LogP contribution in [0.3, 0.4) is 0 Å². The van der Waals surface area contributed by atoms with Crippen LogP contribution in [0.15, 0.2) is 42.5 Å². The van der Waals surface area contributed by atoms with E-state index in [1.165, 1.54) is 0 Å². The summed E-state index contributed by atoms with van der Waals surface area (Å²) in [5, 5.41) is 7.95. The first-order valence-electron chi connectivity index (χ1n) is 8.38. The zero-order valence-corrected chi connectivity index (χ0v) is 15.9. The molecule has 4 rings (SSSR count). The zero-order chi connectivity index (χ0) is 19.1. The van der Waals surface area contributed by atoms with Crippen molar-refractivity contribution in [1.29, 1.82) is 0 Å². The third kappa shape index (κ3) is 2.73. The first-order valence-corrected chi connectivity index (χ1v) is 8.76.